The van der Waals surface area contributed by atoms with Gasteiger partial charge in [-0.1, -0.05) is 18.2 Å². The maximum absolute atomic E-state index is 12.3. The Bertz CT molecular complexity index is 940. The van der Waals surface area contributed by atoms with E-state index in [1.54, 1.807) is 13.1 Å². The number of nitrogens with one attached hydrogen (secondary N) is 1. The predicted octanol–water partition coefficient (Wildman–Crippen LogP) is 3.31. The van der Waals surface area contributed by atoms with E-state index in [1.807, 2.05) is 49.4 Å². The molecule has 1 N–H and O–H groups in total. The predicted molar refractivity (Wildman–Crippen MR) is 89.1 cm³/mol. The fraction of sp³-hybridized carbons (Fsp3) is 0.167. The number of pyridine rings is 1. The number of carbonyl (C=O) groups is 1. The molecule has 0 amide bonds. The Hall–Kier alpha value is -2.95. The van der Waals surface area contributed by atoms with E-state index >= 15 is 0 Å². The van der Waals surface area contributed by atoms with Crippen molar-refractivity contribution in [3.8, 4) is 0 Å². The first-order valence-corrected chi connectivity index (χ1v) is 7.53. The van der Waals surface area contributed by atoms with Crippen molar-refractivity contribution in [2.24, 2.45) is 0 Å². The Balaban J connectivity index is 2.05. The summed E-state index contributed by atoms with van der Waals surface area (Å²) in [5.74, 6) is 0.776. The van der Waals surface area contributed by atoms with Crippen LogP contribution in [0.3, 0.4) is 0 Å². The molecule has 5 nitrogen and oxygen atoms in total. The number of imidazole rings is 1. The molecule has 1 unspecified atom stereocenters. The van der Waals surface area contributed by atoms with E-state index in [1.165, 1.54) is 0 Å². The van der Waals surface area contributed by atoms with Gasteiger partial charge in [-0.05, 0) is 38.1 Å². The van der Waals surface area contributed by atoms with E-state index in [9.17, 15) is 4.79 Å². The Morgan fingerprint density at radius 1 is 1.17 bits per heavy atom. The smallest absolute Gasteiger partial charge is 0.209 e. The molecule has 0 saturated carbocycles. The average molecular weight is 304 g/mol. The van der Waals surface area contributed by atoms with Gasteiger partial charge in [0.05, 0.1) is 16.7 Å². The number of hydrogen-bond donors (Lipinski definition) is 1. The molecule has 2 aromatic heterocycles. The highest BCUT2D eigenvalue weighted by Gasteiger charge is 2.32. The van der Waals surface area contributed by atoms with Crippen LogP contribution in [0.1, 0.15) is 25.6 Å². The van der Waals surface area contributed by atoms with Crippen LogP contribution in [0.5, 0.6) is 0 Å². The molecule has 1 atom stereocenters. The number of anilines is 1. The van der Waals surface area contributed by atoms with E-state index in [4.69, 9.17) is 0 Å². The lowest BCUT2D eigenvalue weighted by atomic mass is 9.96. The van der Waals surface area contributed by atoms with Crippen LogP contribution in [-0.4, -0.2) is 20.3 Å². The van der Waals surface area contributed by atoms with Crippen molar-refractivity contribution >= 4 is 22.8 Å². The third kappa shape index (κ3) is 2.04. The first-order valence-electron chi connectivity index (χ1n) is 7.53. The molecule has 4 rings (SSSR count). The van der Waals surface area contributed by atoms with Crippen molar-refractivity contribution < 1.29 is 4.79 Å². The molecule has 0 saturated heterocycles. The van der Waals surface area contributed by atoms with Gasteiger partial charge in [0, 0.05) is 17.5 Å². The third-order valence-electron chi connectivity index (χ3n) is 4.18. The monoisotopic (exact) mass is 304 g/mol. The topological polar surface area (TPSA) is 59.8 Å². The van der Waals surface area contributed by atoms with Gasteiger partial charge < -0.3 is 5.32 Å². The molecule has 0 aliphatic carbocycles. The standard InChI is InChI=1S/C18H16N4O/c1-11-16(12(2)23)17(14-8-5-6-10-19-14)22-15-9-4-3-7-13(15)21-18(22)20-11/h3-10,17H,1-2H3,(H,20,21). The molecular weight excluding hydrogens is 288 g/mol. The van der Waals surface area contributed by atoms with Crippen LogP contribution in [0.25, 0.3) is 11.0 Å². The van der Waals surface area contributed by atoms with Crippen molar-refractivity contribution in [2.75, 3.05) is 5.32 Å². The van der Waals surface area contributed by atoms with E-state index in [-0.39, 0.29) is 11.8 Å². The minimum atomic E-state index is -0.266. The number of hydrogen-bond acceptors (Lipinski definition) is 4. The molecule has 1 aliphatic rings. The average Bonchev–Trinajstić information content (AvgIpc) is 2.91. The number of allylic oxidation sites excluding steroid dienone is 2. The summed E-state index contributed by atoms with van der Waals surface area (Å²) in [5.41, 5.74) is 4.27. The zero-order chi connectivity index (χ0) is 16.0. The minimum Gasteiger partial charge on any atom is -0.329 e. The first-order chi connectivity index (χ1) is 11.2. The summed E-state index contributed by atoms with van der Waals surface area (Å²) >= 11 is 0. The maximum Gasteiger partial charge on any atom is 0.209 e. The molecule has 3 heterocycles. The van der Waals surface area contributed by atoms with E-state index in [0.29, 0.717) is 0 Å². The molecule has 0 radical (unpaired) electrons. The zero-order valence-corrected chi connectivity index (χ0v) is 12.9. The fourth-order valence-corrected chi connectivity index (χ4v) is 3.24. The molecular formula is C18H16N4O. The van der Waals surface area contributed by atoms with Crippen LogP contribution in [-0.2, 0) is 4.79 Å². The number of para-hydroxylation sites is 2. The fourth-order valence-electron chi connectivity index (χ4n) is 3.24. The highest BCUT2D eigenvalue weighted by atomic mass is 16.1. The zero-order valence-electron chi connectivity index (χ0n) is 12.9. The second-order valence-electron chi connectivity index (χ2n) is 5.67. The van der Waals surface area contributed by atoms with Crippen LogP contribution in [0, 0.1) is 0 Å². The summed E-state index contributed by atoms with van der Waals surface area (Å²) in [5, 5.41) is 3.26. The first kappa shape index (κ1) is 13.7. The largest absolute Gasteiger partial charge is 0.329 e. The highest BCUT2D eigenvalue weighted by Crippen LogP contribution is 2.38. The van der Waals surface area contributed by atoms with E-state index in [2.05, 4.69) is 19.9 Å². The number of aromatic nitrogens is 3. The number of fused-ring (bicyclic) bond motifs is 3. The van der Waals surface area contributed by atoms with Gasteiger partial charge >= 0.3 is 0 Å². The van der Waals surface area contributed by atoms with Gasteiger partial charge in [-0.2, -0.15) is 0 Å². The lowest BCUT2D eigenvalue weighted by molar-refractivity contribution is -0.114. The summed E-state index contributed by atoms with van der Waals surface area (Å²) in [4.78, 5) is 21.4. The van der Waals surface area contributed by atoms with Crippen molar-refractivity contribution in [1.82, 2.24) is 14.5 Å². The molecule has 23 heavy (non-hydrogen) atoms. The summed E-state index contributed by atoms with van der Waals surface area (Å²) in [7, 11) is 0. The van der Waals surface area contributed by atoms with Crippen LogP contribution in [0.4, 0.5) is 5.95 Å². The van der Waals surface area contributed by atoms with Gasteiger partial charge in [-0.25, -0.2) is 4.98 Å². The molecule has 0 bridgehead atoms. The minimum absolute atomic E-state index is 0.0362. The van der Waals surface area contributed by atoms with E-state index in [0.717, 1.165) is 33.9 Å². The van der Waals surface area contributed by atoms with Gasteiger partial charge in [-0.3, -0.25) is 14.3 Å². The van der Waals surface area contributed by atoms with Gasteiger partial charge in [-0.15, -0.1) is 0 Å². The van der Waals surface area contributed by atoms with Crippen molar-refractivity contribution in [1.29, 1.82) is 0 Å². The molecule has 1 aromatic carbocycles. The van der Waals surface area contributed by atoms with Crippen LogP contribution < -0.4 is 5.32 Å². The highest BCUT2D eigenvalue weighted by molar-refractivity contribution is 5.97. The van der Waals surface area contributed by atoms with Crippen LogP contribution in [0.2, 0.25) is 0 Å². The summed E-state index contributed by atoms with van der Waals surface area (Å²) < 4.78 is 2.06. The maximum atomic E-state index is 12.3. The number of nitrogens with zero attached hydrogens (tertiary/aromatic N) is 3. The second kappa shape index (κ2) is 5.05. The normalized spacial score (nSPS) is 17.0. The molecule has 1 aliphatic heterocycles. The summed E-state index contributed by atoms with van der Waals surface area (Å²) in [6.45, 7) is 3.51. The molecule has 114 valence electrons. The van der Waals surface area contributed by atoms with Gasteiger partial charge in [0.2, 0.25) is 5.95 Å². The molecule has 5 heteroatoms. The van der Waals surface area contributed by atoms with Crippen molar-refractivity contribution in [3.05, 3.63) is 65.6 Å². The quantitative estimate of drug-likeness (QED) is 0.789. The Morgan fingerprint density at radius 3 is 2.70 bits per heavy atom. The number of Topliss-reactive ketones (excluding diaryl/α,β-unsaturated/α-hetero) is 1. The third-order valence-corrected chi connectivity index (χ3v) is 4.18. The Kier molecular flexibility index (Phi) is 3.01. The molecule has 0 fully saturated rings. The molecule has 3 aromatic rings. The van der Waals surface area contributed by atoms with Gasteiger partial charge in [0.1, 0.15) is 6.04 Å². The summed E-state index contributed by atoms with van der Waals surface area (Å²) in [6, 6.07) is 13.4. The number of ketones is 1. The van der Waals surface area contributed by atoms with Crippen LogP contribution >= 0.6 is 0 Å². The SMILES string of the molecule is CC(=O)C1=C(C)Nc2nc3ccccc3n2C1c1ccccn1. The summed E-state index contributed by atoms with van der Waals surface area (Å²) in [6.07, 6.45) is 1.75. The number of benzene rings is 1. The Labute approximate surface area is 133 Å². The van der Waals surface area contributed by atoms with Gasteiger partial charge in [0.25, 0.3) is 0 Å². The second-order valence-corrected chi connectivity index (χ2v) is 5.67. The lowest BCUT2D eigenvalue weighted by Gasteiger charge is -2.29. The lowest BCUT2D eigenvalue weighted by Crippen LogP contribution is -2.27. The van der Waals surface area contributed by atoms with Gasteiger partial charge in [0.15, 0.2) is 5.78 Å². The van der Waals surface area contributed by atoms with E-state index < -0.39 is 0 Å². The number of rotatable bonds is 2. The van der Waals surface area contributed by atoms with Crippen molar-refractivity contribution in [2.45, 2.75) is 19.9 Å². The van der Waals surface area contributed by atoms with Crippen LogP contribution in [0.15, 0.2) is 59.9 Å². The Morgan fingerprint density at radius 2 is 1.96 bits per heavy atom. The van der Waals surface area contributed by atoms with Crippen molar-refractivity contribution in [3.63, 3.8) is 0 Å². The number of carbonyl (C=O) groups excluding carboxylic acids is 1. The molecule has 0 spiro atoms.